The summed E-state index contributed by atoms with van der Waals surface area (Å²) in [6.45, 7) is 3.96. The third kappa shape index (κ3) is 6.05. The Bertz CT molecular complexity index is 900. The number of rotatable bonds is 6. The molecule has 2 aliphatic rings. The molecule has 2 aromatic carbocycles. The van der Waals surface area contributed by atoms with Crippen molar-refractivity contribution in [2.45, 2.75) is 31.1 Å². The fraction of sp³-hybridized carbons (Fsp3) is 0.458. The Morgan fingerprint density at radius 1 is 1.10 bits per heavy atom. The van der Waals surface area contributed by atoms with Crippen molar-refractivity contribution in [2.75, 3.05) is 40.0 Å². The van der Waals surface area contributed by atoms with Gasteiger partial charge in [0.25, 0.3) is 0 Å². The molecule has 2 aromatic rings. The summed E-state index contributed by atoms with van der Waals surface area (Å²) in [6.07, 6.45) is 3.89. The van der Waals surface area contributed by atoms with E-state index >= 15 is 0 Å². The van der Waals surface area contributed by atoms with Crippen molar-refractivity contribution in [1.82, 2.24) is 10.6 Å². The second-order valence-electron chi connectivity index (χ2n) is 8.05. The quantitative estimate of drug-likeness (QED) is 0.316. The molecule has 2 aliphatic heterocycles. The molecule has 4 rings (SSSR count). The minimum atomic E-state index is 0. The van der Waals surface area contributed by atoms with Crippen LogP contribution in [0.1, 0.15) is 29.5 Å². The summed E-state index contributed by atoms with van der Waals surface area (Å²) in [6, 6.07) is 14.7. The summed E-state index contributed by atoms with van der Waals surface area (Å²) in [7, 11) is 1.82. The average molecular weight is 556 g/mol. The molecule has 1 saturated heterocycles. The van der Waals surface area contributed by atoms with Crippen LogP contribution < -0.4 is 15.4 Å². The number of hydrogen-bond donors (Lipinski definition) is 2. The van der Waals surface area contributed by atoms with Gasteiger partial charge in [-0.05, 0) is 54.2 Å². The highest BCUT2D eigenvalue weighted by Crippen LogP contribution is 2.35. The molecule has 168 valence electrons. The third-order valence-electron chi connectivity index (χ3n) is 6.16. The molecule has 0 saturated carbocycles. The van der Waals surface area contributed by atoms with Crippen molar-refractivity contribution in [1.29, 1.82) is 0 Å². The van der Waals surface area contributed by atoms with Crippen molar-refractivity contribution in [3.63, 3.8) is 0 Å². The minimum absolute atomic E-state index is 0. The van der Waals surface area contributed by atoms with E-state index in [4.69, 9.17) is 21.1 Å². The predicted molar refractivity (Wildman–Crippen MR) is 137 cm³/mol. The SMILES string of the molecule is CN=C(NCCc1ccc2c(c1)CCO2)NCC1(c2cccc(Cl)c2)CCOCC1.I. The maximum absolute atomic E-state index is 6.28. The van der Waals surface area contributed by atoms with Gasteiger partial charge in [-0.25, -0.2) is 0 Å². The van der Waals surface area contributed by atoms with Crippen LogP contribution in [0, 0.1) is 0 Å². The molecule has 0 amide bonds. The smallest absolute Gasteiger partial charge is 0.191 e. The molecule has 0 atom stereocenters. The summed E-state index contributed by atoms with van der Waals surface area (Å²) in [4.78, 5) is 4.42. The van der Waals surface area contributed by atoms with E-state index in [9.17, 15) is 0 Å². The second-order valence-corrected chi connectivity index (χ2v) is 8.48. The van der Waals surface area contributed by atoms with Gasteiger partial charge in [-0.3, -0.25) is 4.99 Å². The van der Waals surface area contributed by atoms with Crippen LogP contribution in [-0.4, -0.2) is 45.9 Å². The Hall–Kier alpha value is -1.51. The molecular formula is C24H31ClIN3O2. The van der Waals surface area contributed by atoms with Crippen LogP contribution in [0.15, 0.2) is 47.5 Å². The Morgan fingerprint density at radius 3 is 2.71 bits per heavy atom. The predicted octanol–water partition coefficient (Wildman–Crippen LogP) is 4.35. The van der Waals surface area contributed by atoms with E-state index in [0.717, 1.165) is 75.3 Å². The first-order chi connectivity index (χ1) is 14.7. The summed E-state index contributed by atoms with van der Waals surface area (Å²) in [5.74, 6) is 1.86. The summed E-state index contributed by atoms with van der Waals surface area (Å²) >= 11 is 6.28. The molecule has 0 unspecified atom stereocenters. The Labute approximate surface area is 207 Å². The van der Waals surface area contributed by atoms with Gasteiger partial charge < -0.3 is 20.1 Å². The van der Waals surface area contributed by atoms with Crippen molar-refractivity contribution < 1.29 is 9.47 Å². The number of hydrogen-bond acceptors (Lipinski definition) is 3. The Kier molecular flexibility index (Phi) is 8.86. The number of nitrogens with zero attached hydrogens (tertiary/aromatic N) is 1. The monoisotopic (exact) mass is 555 g/mol. The molecule has 1 fully saturated rings. The standard InChI is InChI=1S/C24H30ClN3O2.HI/c1-26-23(27-11-7-18-5-6-22-19(15-18)8-12-30-22)28-17-24(9-13-29-14-10-24)20-3-2-4-21(25)16-20;/h2-6,15-16H,7-14,17H2,1H3,(H2,26,27,28);1H. The van der Waals surface area contributed by atoms with Gasteiger partial charge in [-0.15, -0.1) is 24.0 Å². The van der Waals surface area contributed by atoms with Crippen molar-refractivity contribution in [3.8, 4) is 5.75 Å². The van der Waals surface area contributed by atoms with Crippen LogP contribution >= 0.6 is 35.6 Å². The van der Waals surface area contributed by atoms with Crippen LogP contribution in [0.4, 0.5) is 0 Å². The summed E-state index contributed by atoms with van der Waals surface area (Å²) < 4.78 is 11.2. The van der Waals surface area contributed by atoms with Gasteiger partial charge in [0.05, 0.1) is 6.61 Å². The number of halogens is 2. The average Bonchev–Trinajstić information content (AvgIpc) is 3.25. The fourth-order valence-corrected chi connectivity index (χ4v) is 4.53. The van der Waals surface area contributed by atoms with Gasteiger partial charge in [0.1, 0.15) is 5.75 Å². The van der Waals surface area contributed by atoms with Crippen LogP contribution in [0.25, 0.3) is 0 Å². The lowest BCUT2D eigenvalue weighted by atomic mass is 9.74. The molecular weight excluding hydrogens is 525 g/mol. The van der Waals surface area contributed by atoms with E-state index in [1.165, 1.54) is 16.7 Å². The number of fused-ring (bicyclic) bond motifs is 1. The van der Waals surface area contributed by atoms with Gasteiger partial charge in [0, 0.05) is 50.2 Å². The van der Waals surface area contributed by atoms with Gasteiger partial charge in [-0.1, -0.05) is 35.9 Å². The molecule has 0 radical (unpaired) electrons. The summed E-state index contributed by atoms with van der Waals surface area (Å²) in [5, 5.41) is 7.78. The van der Waals surface area contributed by atoms with E-state index in [-0.39, 0.29) is 29.4 Å². The number of guanidine groups is 1. The zero-order valence-electron chi connectivity index (χ0n) is 18.0. The number of aliphatic imine (C=N–C) groups is 1. The molecule has 0 spiro atoms. The lowest BCUT2D eigenvalue weighted by Crippen LogP contribution is -2.48. The molecule has 2 N–H and O–H groups in total. The van der Waals surface area contributed by atoms with Gasteiger partial charge >= 0.3 is 0 Å². The van der Waals surface area contributed by atoms with E-state index in [0.29, 0.717) is 0 Å². The van der Waals surface area contributed by atoms with E-state index in [2.05, 4.69) is 46.0 Å². The molecule has 31 heavy (non-hydrogen) atoms. The van der Waals surface area contributed by atoms with Gasteiger partial charge in [0.2, 0.25) is 0 Å². The Balaban J connectivity index is 0.00000272. The molecule has 5 nitrogen and oxygen atoms in total. The van der Waals surface area contributed by atoms with Crippen molar-refractivity contribution in [3.05, 3.63) is 64.2 Å². The first kappa shape index (κ1) is 24.1. The van der Waals surface area contributed by atoms with Crippen LogP contribution in [0.5, 0.6) is 5.75 Å². The Morgan fingerprint density at radius 2 is 1.94 bits per heavy atom. The third-order valence-corrected chi connectivity index (χ3v) is 6.40. The van der Waals surface area contributed by atoms with E-state index in [1.54, 1.807) is 0 Å². The number of benzene rings is 2. The maximum Gasteiger partial charge on any atom is 0.191 e. The highest BCUT2D eigenvalue weighted by molar-refractivity contribution is 14.0. The second kappa shape index (κ2) is 11.4. The van der Waals surface area contributed by atoms with E-state index in [1.807, 2.05) is 19.2 Å². The molecule has 2 heterocycles. The minimum Gasteiger partial charge on any atom is -0.493 e. The largest absolute Gasteiger partial charge is 0.493 e. The topological polar surface area (TPSA) is 54.9 Å². The van der Waals surface area contributed by atoms with Gasteiger partial charge in [0.15, 0.2) is 5.96 Å². The fourth-order valence-electron chi connectivity index (χ4n) is 4.34. The first-order valence-corrected chi connectivity index (χ1v) is 11.1. The lowest BCUT2D eigenvalue weighted by molar-refractivity contribution is 0.0514. The molecule has 0 aromatic heterocycles. The first-order valence-electron chi connectivity index (χ1n) is 10.7. The van der Waals surface area contributed by atoms with Crippen LogP contribution in [0.2, 0.25) is 5.02 Å². The zero-order chi connectivity index (χ0) is 20.8. The molecule has 0 bridgehead atoms. The highest BCUT2D eigenvalue weighted by Gasteiger charge is 2.34. The van der Waals surface area contributed by atoms with Crippen molar-refractivity contribution in [2.24, 2.45) is 4.99 Å². The molecule has 0 aliphatic carbocycles. The lowest BCUT2D eigenvalue weighted by Gasteiger charge is -2.38. The molecule has 7 heteroatoms. The zero-order valence-corrected chi connectivity index (χ0v) is 21.0. The van der Waals surface area contributed by atoms with Crippen LogP contribution in [0.3, 0.4) is 0 Å². The van der Waals surface area contributed by atoms with Gasteiger partial charge in [-0.2, -0.15) is 0 Å². The van der Waals surface area contributed by atoms with Crippen LogP contribution in [-0.2, 0) is 23.0 Å². The summed E-state index contributed by atoms with van der Waals surface area (Å²) in [5.41, 5.74) is 3.91. The van der Waals surface area contributed by atoms with E-state index < -0.39 is 0 Å². The maximum atomic E-state index is 6.28. The number of ether oxygens (including phenoxy) is 2. The van der Waals surface area contributed by atoms with Crippen molar-refractivity contribution >= 4 is 41.5 Å². The highest BCUT2D eigenvalue weighted by atomic mass is 127. The normalized spacial score (nSPS) is 17.3. The number of nitrogens with one attached hydrogen (secondary N) is 2.